The van der Waals surface area contributed by atoms with E-state index in [4.69, 9.17) is 5.73 Å². The highest BCUT2D eigenvalue weighted by Gasteiger charge is 2.31. The van der Waals surface area contributed by atoms with Gasteiger partial charge in [-0.15, -0.1) is 0 Å². The molecule has 6 rings (SSSR count). The Hall–Kier alpha value is -4.13. The number of aromatic amines is 1. The Morgan fingerprint density at radius 2 is 1.72 bits per heavy atom. The number of carbonyl (C=O) groups is 2. The standard InChI is InChI=1S/C19H20N4O2.C6H5N/c1-3-19(2,18(20)25)23-17(24)13-4-5-15-14(10-13)11-16(22-15)12-6-8-21-9-7-12;1-2-5-4-6(3-1)7-5/h4-11,22H,3H2,1-2H3,(H2,20,25)(H,23,24);1-4,7H. The third-order valence-electron chi connectivity index (χ3n) is 5.67. The highest BCUT2D eigenvalue weighted by Crippen LogP contribution is 2.27. The van der Waals surface area contributed by atoms with E-state index in [1.54, 1.807) is 38.4 Å². The fourth-order valence-electron chi connectivity index (χ4n) is 3.37. The summed E-state index contributed by atoms with van der Waals surface area (Å²) >= 11 is 0. The van der Waals surface area contributed by atoms with E-state index in [2.05, 4.69) is 26.7 Å². The molecule has 2 aliphatic heterocycles. The first-order valence-electron chi connectivity index (χ1n) is 10.4. The number of pyridine rings is 1. The van der Waals surface area contributed by atoms with Crippen molar-refractivity contribution in [2.75, 3.05) is 5.32 Å². The molecular weight excluding hydrogens is 402 g/mol. The van der Waals surface area contributed by atoms with Gasteiger partial charge in [0.15, 0.2) is 0 Å². The summed E-state index contributed by atoms with van der Waals surface area (Å²) in [6.07, 6.45) is 3.89. The summed E-state index contributed by atoms with van der Waals surface area (Å²) in [5.74, 6) is -0.872. The highest BCUT2D eigenvalue weighted by molar-refractivity contribution is 6.01. The summed E-state index contributed by atoms with van der Waals surface area (Å²) in [7, 11) is 0. The summed E-state index contributed by atoms with van der Waals surface area (Å²) in [4.78, 5) is 31.4. The number of fused-ring (bicyclic) bond motifs is 3. The first-order valence-corrected chi connectivity index (χ1v) is 10.4. The van der Waals surface area contributed by atoms with E-state index in [1.165, 1.54) is 11.4 Å². The molecule has 4 heterocycles. The van der Waals surface area contributed by atoms with Crippen molar-refractivity contribution in [2.45, 2.75) is 25.8 Å². The number of primary amides is 1. The van der Waals surface area contributed by atoms with E-state index in [9.17, 15) is 9.59 Å². The molecule has 2 aliphatic rings. The van der Waals surface area contributed by atoms with Gasteiger partial charge in [-0.2, -0.15) is 0 Å². The smallest absolute Gasteiger partial charge is 0.252 e. The Labute approximate surface area is 186 Å². The van der Waals surface area contributed by atoms with Crippen LogP contribution in [0.5, 0.6) is 0 Å². The number of benzene rings is 2. The first kappa shape index (κ1) is 21.1. The summed E-state index contributed by atoms with van der Waals surface area (Å²) in [6, 6.07) is 19.4. The van der Waals surface area contributed by atoms with Gasteiger partial charge in [0.1, 0.15) is 5.54 Å². The van der Waals surface area contributed by atoms with Crippen LogP contribution in [-0.4, -0.2) is 27.3 Å². The number of H-pyrrole nitrogens is 1. The van der Waals surface area contributed by atoms with Gasteiger partial charge in [-0.1, -0.05) is 13.0 Å². The second-order valence-electron chi connectivity index (χ2n) is 7.93. The summed E-state index contributed by atoms with van der Waals surface area (Å²) in [5.41, 5.74) is 10.2. The van der Waals surface area contributed by atoms with E-state index in [-0.39, 0.29) is 5.91 Å². The number of aromatic nitrogens is 2. The van der Waals surface area contributed by atoms with Gasteiger partial charge < -0.3 is 21.4 Å². The maximum absolute atomic E-state index is 12.5. The predicted molar refractivity (Wildman–Crippen MR) is 127 cm³/mol. The molecule has 2 amide bonds. The first-order chi connectivity index (χ1) is 15.4. The molecule has 162 valence electrons. The lowest BCUT2D eigenvalue weighted by Crippen LogP contribution is -2.54. The minimum absolute atomic E-state index is 0.322. The SMILES string of the molecule is CCC(C)(NC(=O)c1ccc2[nH]c(-c3ccncc3)cc2c1)C(N)=O.c1cc2cc(c1)N2. The molecule has 1 unspecified atom stereocenters. The Morgan fingerprint density at radius 1 is 1.03 bits per heavy atom. The molecule has 0 saturated heterocycles. The van der Waals surface area contributed by atoms with Crippen LogP contribution in [0.25, 0.3) is 22.2 Å². The lowest BCUT2D eigenvalue weighted by Gasteiger charge is -2.25. The number of carbonyl (C=O) groups excluding carboxylic acids is 2. The van der Waals surface area contributed by atoms with Crippen molar-refractivity contribution < 1.29 is 9.59 Å². The van der Waals surface area contributed by atoms with Gasteiger partial charge in [-0.05, 0) is 67.9 Å². The maximum atomic E-state index is 12.5. The molecule has 2 bridgehead atoms. The molecule has 32 heavy (non-hydrogen) atoms. The number of hydrogen-bond acceptors (Lipinski definition) is 4. The van der Waals surface area contributed by atoms with Crippen LogP contribution < -0.4 is 16.4 Å². The van der Waals surface area contributed by atoms with Crippen LogP contribution in [0, 0.1) is 0 Å². The minimum atomic E-state index is -1.06. The summed E-state index contributed by atoms with van der Waals surface area (Å²) < 4.78 is 0. The largest absolute Gasteiger partial charge is 0.368 e. The second kappa shape index (κ2) is 8.55. The fourth-order valence-corrected chi connectivity index (χ4v) is 3.37. The number of nitrogens with one attached hydrogen (secondary N) is 3. The van der Waals surface area contributed by atoms with Gasteiger partial charge in [0, 0.05) is 51.5 Å². The van der Waals surface area contributed by atoms with Crippen molar-refractivity contribution in [3.63, 3.8) is 0 Å². The van der Waals surface area contributed by atoms with E-state index in [0.717, 1.165) is 22.2 Å². The van der Waals surface area contributed by atoms with E-state index in [0.29, 0.717) is 12.0 Å². The molecule has 0 fully saturated rings. The molecule has 2 aromatic carbocycles. The second-order valence-corrected chi connectivity index (χ2v) is 7.93. The molecule has 4 aromatic rings. The van der Waals surface area contributed by atoms with Gasteiger partial charge in [0.25, 0.3) is 5.91 Å². The van der Waals surface area contributed by atoms with Gasteiger partial charge >= 0.3 is 0 Å². The zero-order chi connectivity index (χ0) is 22.7. The fraction of sp³-hybridized carbons (Fsp3) is 0.160. The molecular formula is C25H25N5O2. The molecule has 0 radical (unpaired) electrons. The molecule has 0 spiro atoms. The molecule has 1 atom stereocenters. The number of hydrogen-bond donors (Lipinski definition) is 4. The number of nitrogens with zero attached hydrogens (tertiary/aromatic N) is 1. The van der Waals surface area contributed by atoms with Gasteiger partial charge in [-0.25, -0.2) is 0 Å². The van der Waals surface area contributed by atoms with Crippen molar-refractivity contribution in [3.8, 4) is 11.3 Å². The van der Waals surface area contributed by atoms with Crippen molar-refractivity contribution >= 4 is 34.1 Å². The van der Waals surface area contributed by atoms with Crippen LogP contribution in [-0.2, 0) is 4.79 Å². The van der Waals surface area contributed by atoms with Gasteiger partial charge in [-0.3, -0.25) is 14.6 Å². The third kappa shape index (κ3) is 4.32. The minimum Gasteiger partial charge on any atom is -0.368 e. The maximum Gasteiger partial charge on any atom is 0.252 e. The molecule has 7 nitrogen and oxygen atoms in total. The third-order valence-corrected chi connectivity index (χ3v) is 5.67. The molecule has 0 aliphatic carbocycles. The number of anilines is 2. The Morgan fingerprint density at radius 3 is 2.25 bits per heavy atom. The van der Waals surface area contributed by atoms with Crippen molar-refractivity contribution in [2.24, 2.45) is 5.73 Å². The molecule has 5 N–H and O–H groups in total. The topological polar surface area (TPSA) is 113 Å². The average molecular weight is 428 g/mol. The van der Waals surface area contributed by atoms with Crippen molar-refractivity contribution in [3.05, 3.63) is 78.6 Å². The van der Waals surface area contributed by atoms with Gasteiger partial charge in [0.2, 0.25) is 5.91 Å². The Balaban J connectivity index is 0.000000292. The lowest BCUT2D eigenvalue weighted by molar-refractivity contribution is -0.123. The van der Waals surface area contributed by atoms with Crippen LogP contribution >= 0.6 is 0 Å². The van der Waals surface area contributed by atoms with Crippen LogP contribution in [0.15, 0.2) is 73.1 Å². The van der Waals surface area contributed by atoms with E-state index < -0.39 is 11.4 Å². The van der Waals surface area contributed by atoms with Crippen LogP contribution in [0.4, 0.5) is 11.4 Å². The van der Waals surface area contributed by atoms with Crippen molar-refractivity contribution in [1.82, 2.24) is 15.3 Å². The normalized spacial score (nSPS) is 13.1. The Bertz CT molecular complexity index is 1260. The molecule has 2 aromatic heterocycles. The Kier molecular flexibility index (Phi) is 5.64. The molecule has 0 saturated carbocycles. The summed E-state index contributed by atoms with van der Waals surface area (Å²) in [6.45, 7) is 3.44. The van der Waals surface area contributed by atoms with Crippen LogP contribution in [0.3, 0.4) is 0 Å². The molecule has 7 heteroatoms. The number of rotatable bonds is 5. The number of nitrogens with two attached hydrogens (primary N) is 1. The lowest BCUT2D eigenvalue weighted by atomic mass is 9.97. The van der Waals surface area contributed by atoms with Crippen LogP contribution in [0.2, 0.25) is 0 Å². The predicted octanol–water partition coefficient (Wildman–Crippen LogP) is 4.36. The van der Waals surface area contributed by atoms with E-state index >= 15 is 0 Å². The highest BCUT2D eigenvalue weighted by atomic mass is 16.2. The monoisotopic (exact) mass is 427 g/mol. The quantitative estimate of drug-likeness (QED) is 0.334. The number of amides is 2. The summed E-state index contributed by atoms with van der Waals surface area (Å²) in [5, 5.41) is 6.76. The van der Waals surface area contributed by atoms with Gasteiger partial charge in [0.05, 0.1) is 0 Å². The van der Waals surface area contributed by atoms with Crippen molar-refractivity contribution in [1.29, 1.82) is 0 Å². The van der Waals surface area contributed by atoms with E-state index in [1.807, 2.05) is 42.5 Å². The zero-order valence-corrected chi connectivity index (χ0v) is 18.0. The van der Waals surface area contributed by atoms with Crippen LogP contribution in [0.1, 0.15) is 30.6 Å². The average Bonchev–Trinajstić information content (AvgIpc) is 3.23. The zero-order valence-electron chi connectivity index (χ0n) is 18.0.